The van der Waals surface area contributed by atoms with Crippen LogP contribution in [0, 0.1) is 0 Å². The number of hydrogen-bond acceptors (Lipinski definition) is 5. The summed E-state index contributed by atoms with van der Waals surface area (Å²) in [5.41, 5.74) is 5.82. The molecule has 4 aromatic rings. The summed E-state index contributed by atoms with van der Waals surface area (Å²) in [4.78, 5) is 4.36. The summed E-state index contributed by atoms with van der Waals surface area (Å²) in [6.45, 7) is 0.751. The zero-order valence-electron chi connectivity index (χ0n) is 17.9. The number of methoxy groups -OCH3 is 1. The standard InChI is InChI=1S/C26H26N2O3S/c1-30-22-8-6-17(7-9-22)19-12-18-10-11-31-26(18)25(14-19)32-28-21(16-29)13-20-15-27-24-5-3-2-4-23(20)24/h2-9,12,14-15,21,27-29H,10-11,13,16H2,1H3/t21-/m1/s1. The van der Waals surface area contributed by atoms with Crippen LogP contribution >= 0.6 is 11.9 Å². The number of fused-ring (bicyclic) bond motifs is 2. The van der Waals surface area contributed by atoms with E-state index in [1.54, 1.807) is 7.11 Å². The summed E-state index contributed by atoms with van der Waals surface area (Å²) in [6.07, 6.45) is 3.67. The van der Waals surface area contributed by atoms with Gasteiger partial charge in [0.1, 0.15) is 11.5 Å². The number of hydrogen-bond donors (Lipinski definition) is 3. The van der Waals surface area contributed by atoms with Crippen LogP contribution < -0.4 is 14.2 Å². The van der Waals surface area contributed by atoms with Crippen molar-refractivity contribution in [1.82, 2.24) is 9.71 Å². The highest BCUT2D eigenvalue weighted by Crippen LogP contribution is 2.39. The van der Waals surface area contributed by atoms with Gasteiger partial charge in [-0.3, -0.25) is 4.72 Å². The molecule has 0 saturated heterocycles. The molecule has 0 saturated carbocycles. The highest BCUT2D eigenvalue weighted by atomic mass is 32.2. The first-order valence-electron chi connectivity index (χ1n) is 10.8. The molecule has 0 amide bonds. The minimum atomic E-state index is -0.0825. The Morgan fingerprint density at radius 1 is 1.12 bits per heavy atom. The van der Waals surface area contributed by atoms with Crippen molar-refractivity contribution in [2.45, 2.75) is 23.8 Å². The number of aliphatic hydroxyl groups excluding tert-OH is 1. The monoisotopic (exact) mass is 446 g/mol. The van der Waals surface area contributed by atoms with E-state index in [0.717, 1.165) is 45.9 Å². The zero-order chi connectivity index (χ0) is 21.9. The Balaban J connectivity index is 1.36. The molecule has 1 atom stereocenters. The van der Waals surface area contributed by atoms with Crippen LogP contribution in [0.2, 0.25) is 0 Å². The van der Waals surface area contributed by atoms with E-state index in [1.807, 2.05) is 30.5 Å². The fourth-order valence-electron chi connectivity index (χ4n) is 4.15. The highest BCUT2D eigenvalue weighted by Gasteiger charge is 2.20. The number of H-pyrrole nitrogens is 1. The Kier molecular flexibility index (Phi) is 6.08. The fraction of sp³-hybridized carbons (Fsp3) is 0.231. The summed E-state index contributed by atoms with van der Waals surface area (Å²) < 4.78 is 14.7. The number of benzene rings is 3. The molecule has 0 spiro atoms. The van der Waals surface area contributed by atoms with Crippen LogP contribution in [0.3, 0.4) is 0 Å². The molecular weight excluding hydrogens is 420 g/mol. The third kappa shape index (κ3) is 4.21. The molecule has 1 aromatic heterocycles. The third-order valence-corrected chi connectivity index (χ3v) is 6.84. The van der Waals surface area contributed by atoms with Gasteiger partial charge in [-0.25, -0.2) is 0 Å². The van der Waals surface area contributed by atoms with Gasteiger partial charge in [0.05, 0.1) is 25.2 Å². The molecule has 5 rings (SSSR count). The van der Waals surface area contributed by atoms with Crippen molar-refractivity contribution < 1.29 is 14.6 Å². The maximum absolute atomic E-state index is 10.0. The average molecular weight is 447 g/mol. The van der Waals surface area contributed by atoms with Gasteiger partial charge >= 0.3 is 0 Å². The number of aromatic amines is 1. The molecule has 1 aliphatic heterocycles. The second kappa shape index (κ2) is 9.28. The molecule has 32 heavy (non-hydrogen) atoms. The molecule has 3 aromatic carbocycles. The van der Waals surface area contributed by atoms with Gasteiger partial charge in [-0.1, -0.05) is 30.3 Å². The van der Waals surface area contributed by atoms with Crippen LogP contribution in [0.5, 0.6) is 11.5 Å². The Labute approximate surface area is 191 Å². The first-order valence-corrected chi connectivity index (χ1v) is 11.6. The molecule has 5 nitrogen and oxygen atoms in total. The lowest BCUT2D eigenvalue weighted by Crippen LogP contribution is -2.29. The van der Waals surface area contributed by atoms with E-state index in [2.05, 4.69) is 46.1 Å². The van der Waals surface area contributed by atoms with E-state index in [9.17, 15) is 5.11 Å². The molecule has 3 N–H and O–H groups in total. The first kappa shape index (κ1) is 20.9. The smallest absolute Gasteiger partial charge is 0.137 e. The second-order valence-electron chi connectivity index (χ2n) is 7.95. The number of para-hydroxylation sites is 1. The SMILES string of the molecule is COc1ccc(-c2cc3c(c(SN[C@@H](CO)Cc4c[nH]c5ccccc45)c2)OCC3)cc1. The predicted molar refractivity (Wildman–Crippen MR) is 129 cm³/mol. The Morgan fingerprint density at radius 2 is 1.97 bits per heavy atom. The van der Waals surface area contributed by atoms with Gasteiger partial charge in [0.15, 0.2) is 0 Å². The molecule has 0 fully saturated rings. The average Bonchev–Trinajstić information content (AvgIpc) is 3.48. The van der Waals surface area contributed by atoms with Crippen molar-refractivity contribution in [3.8, 4) is 22.6 Å². The number of ether oxygens (including phenoxy) is 2. The number of nitrogens with one attached hydrogen (secondary N) is 2. The van der Waals surface area contributed by atoms with E-state index < -0.39 is 0 Å². The molecule has 2 heterocycles. The number of aliphatic hydroxyl groups is 1. The maximum atomic E-state index is 10.0. The van der Waals surface area contributed by atoms with Crippen molar-refractivity contribution in [1.29, 1.82) is 0 Å². The van der Waals surface area contributed by atoms with Gasteiger partial charge in [0.2, 0.25) is 0 Å². The van der Waals surface area contributed by atoms with Gasteiger partial charge in [-0.05, 0) is 71.0 Å². The van der Waals surface area contributed by atoms with E-state index in [4.69, 9.17) is 9.47 Å². The third-order valence-electron chi connectivity index (χ3n) is 5.87. The van der Waals surface area contributed by atoms with Crippen LogP contribution in [0.25, 0.3) is 22.0 Å². The van der Waals surface area contributed by atoms with Crippen LogP contribution in [0.1, 0.15) is 11.1 Å². The predicted octanol–water partition coefficient (Wildman–Crippen LogP) is 4.98. The molecule has 164 valence electrons. The summed E-state index contributed by atoms with van der Waals surface area (Å²) in [7, 11) is 1.68. The number of aromatic nitrogens is 1. The summed E-state index contributed by atoms with van der Waals surface area (Å²) in [5, 5.41) is 11.2. The zero-order valence-corrected chi connectivity index (χ0v) is 18.7. The molecule has 0 aliphatic carbocycles. The summed E-state index contributed by atoms with van der Waals surface area (Å²) in [5.74, 6) is 1.79. The Morgan fingerprint density at radius 3 is 2.78 bits per heavy atom. The highest BCUT2D eigenvalue weighted by molar-refractivity contribution is 7.97. The quantitative estimate of drug-likeness (QED) is 0.333. The molecule has 0 bridgehead atoms. The van der Waals surface area contributed by atoms with Gasteiger partial charge in [0, 0.05) is 29.6 Å². The minimum absolute atomic E-state index is 0.0493. The Bertz CT molecular complexity index is 1220. The van der Waals surface area contributed by atoms with Crippen molar-refractivity contribution in [2.24, 2.45) is 0 Å². The minimum Gasteiger partial charge on any atom is -0.497 e. The van der Waals surface area contributed by atoms with Crippen LogP contribution in [-0.2, 0) is 12.8 Å². The van der Waals surface area contributed by atoms with E-state index in [0.29, 0.717) is 6.61 Å². The van der Waals surface area contributed by atoms with Crippen LogP contribution in [0.4, 0.5) is 0 Å². The second-order valence-corrected chi connectivity index (χ2v) is 8.83. The van der Waals surface area contributed by atoms with E-state index in [-0.39, 0.29) is 12.6 Å². The van der Waals surface area contributed by atoms with Gasteiger partial charge < -0.3 is 19.6 Å². The number of rotatable bonds is 8. The largest absolute Gasteiger partial charge is 0.497 e. The summed E-state index contributed by atoms with van der Waals surface area (Å²) in [6, 6.07) is 20.6. The van der Waals surface area contributed by atoms with Crippen molar-refractivity contribution in [3.63, 3.8) is 0 Å². The molecular formula is C26H26N2O3S. The lowest BCUT2D eigenvalue weighted by molar-refractivity contribution is 0.258. The molecule has 0 radical (unpaired) electrons. The van der Waals surface area contributed by atoms with E-state index >= 15 is 0 Å². The normalized spacial score (nSPS) is 13.7. The van der Waals surface area contributed by atoms with Gasteiger partial charge in [0.25, 0.3) is 0 Å². The topological polar surface area (TPSA) is 66.5 Å². The first-order chi connectivity index (χ1) is 15.7. The molecule has 6 heteroatoms. The van der Waals surface area contributed by atoms with Crippen molar-refractivity contribution >= 4 is 22.9 Å². The lowest BCUT2D eigenvalue weighted by Gasteiger charge is -2.17. The molecule has 0 unspecified atom stereocenters. The van der Waals surface area contributed by atoms with Gasteiger partial charge in [-0.15, -0.1) is 0 Å². The van der Waals surface area contributed by atoms with E-state index in [1.165, 1.54) is 28.5 Å². The maximum Gasteiger partial charge on any atom is 0.137 e. The molecule has 1 aliphatic rings. The van der Waals surface area contributed by atoms with Crippen molar-refractivity contribution in [3.05, 3.63) is 78.0 Å². The lowest BCUT2D eigenvalue weighted by atomic mass is 10.0. The summed E-state index contributed by atoms with van der Waals surface area (Å²) >= 11 is 1.53. The Hall–Kier alpha value is -2.93. The van der Waals surface area contributed by atoms with Crippen LogP contribution in [-0.4, -0.2) is 36.5 Å². The fourth-order valence-corrected chi connectivity index (χ4v) is 5.07. The van der Waals surface area contributed by atoms with Gasteiger partial charge in [-0.2, -0.15) is 0 Å². The van der Waals surface area contributed by atoms with Crippen LogP contribution in [0.15, 0.2) is 71.8 Å². The van der Waals surface area contributed by atoms with Crippen molar-refractivity contribution in [2.75, 3.05) is 20.3 Å².